The van der Waals surface area contributed by atoms with E-state index in [4.69, 9.17) is 4.74 Å². The Bertz CT molecular complexity index is 1730. The van der Waals surface area contributed by atoms with E-state index in [1.807, 2.05) is 13.0 Å². The topological polar surface area (TPSA) is 104 Å². The second-order valence-corrected chi connectivity index (χ2v) is 13.5. The Morgan fingerprint density at radius 1 is 0.933 bits per heavy atom. The van der Waals surface area contributed by atoms with Crippen LogP contribution in [-0.4, -0.2) is 48.7 Å². The summed E-state index contributed by atoms with van der Waals surface area (Å²) >= 11 is 0. The molecule has 3 aromatic rings. The number of hydrogen-bond acceptors (Lipinski definition) is 5. The van der Waals surface area contributed by atoms with E-state index in [0.29, 0.717) is 39.6 Å². The molecular formula is C34H38F3NO6S. The van der Waals surface area contributed by atoms with Crippen LogP contribution in [0, 0.1) is 20.8 Å². The highest BCUT2D eigenvalue weighted by molar-refractivity contribution is 7.89. The Morgan fingerprint density at radius 3 is 2.09 bits per heavy atom. The number of aryl methyl sites for hydroxylation is 3. The number of methoxy groups -OCH3 is 1. The maximum absolute atomic E-state index is 14.2. The fourth-order valence-corrected chi connectivity index (χ4v) is 6.90. The van der Waals surface area contributed by atoms with Crippen LogP contribution >= 0.6 is 0 Å². The van der Waals surface area contributed by atoms with Crippen molar-refractivity contribution < 1.29 is 41.3 Å². The molecule has 242 valence electrons. The van der Waals surface area contributed by atoms with E-state index in [0.717, 1.165) is 21.5 Å². The molecule has 0 aliphatic rings. The fourth-order valence-electron chi connectivity index (χ4n) is 5.03. The molecule has 3 aromatic carbocycles. The van der Waals surface area contributed by atoms with Gasteiger partial charge in [0, 0.05) is 18.7 Å². The molecule has 3 rings (SSSR count). The van der Waals surface area contributed by atoms with Crippen molar-refractivity contribution in [3.8, 4) is 16.9 Å². The predicted molar refractivity (Wildman–Crippen MR) is 168 cm³/mol. The number of ether oxygens (including phenoxy) is 1. The molecule has 0 aromatic heterocycles. The summed E-state index contributed by atoms with van der Waals surface area (Å²) in [4.78, 5) is 11.9. The lowest BCUT2D eigenvalue weighted by atomic mass is 9.83. The zero-order valence-corrected chi connectivity index (χ0v) is 27.1. The average Bonchev–Trinajstić information content (AvgIpc) is 2.94. The molecule has 0 fully saturated rings. The van der Waals surface area contributed by atoms with E-state index in [1.165, 1.54) is 14.0 Å². The molecule has 0 bridgehead atoms. The van der Waals surface area contributed by atoms with Gasteiger partial charge in [0.25, 0.3) is 0 Å². The van der Waals surface area contributed by atoms with Crippen LogP contribution < -0.4 is 4.74 Å². The highest BCUT2D eigenvalue weighted by Gasteiger charge is 2.34. The fraction of sp³-hybridized carbons (Fsp3) is 0.324. The lowest BCUT2D eigenvalue weighted by Gasteiger charge is -2.26. The number of carboxylic acid groups (broad SMARTS) is 1. The van der Waals surface area contributed by atoms with Gasteiger partial charge in [-0.1, -0.05) is 65.7 Å². The van der Waals surface area contributed by atoms with Crippen LogP contribution in [0.3, 0.4) is 0 Å². The number of allylic oxidation sites excluding steroid dienone is 3. The van der Waals surface area contributed by atoms with Crippen LogP contribution in [0.2, 0.25) is 0 Å². The third-order valence-electron chi connectivity index (χ3n) is 7.53. The minimum Gasteiger partial charge on any atom is -0.504 e. The normalized spacial score (nSPS) is 13.3. The number of sulfonamides is 1. The smallest absolute Gasteiger partial charge is 0.448 e. The second kappa shape index (κ2) is 13.5. The molecule has 0 aliphatic carbocycles. The molecular weight excluding hydrogens is 607 g/mol. The summed E-state index contributed by atoms with van der Waals surface area (Å²) in [6.07, 6.45) is -3.40. The number of aliphatic carboxylic acids is 1. The van der Waals surface area contributed by atoms with E-state index < -0.39 is 33.3 Å². The van der Waals surface area contributed by atoms with Crippen molar-refractivity contribution >= 4 is 16.0 Å². The average molecular weight is 646 g/mol. The first-order valence-electron chi connectivity index (χ1n) is 14.0. The Balaban J connectivity index is 2.10. The van der Waals surface area contributed by atoms with Crippen LogP contribution in [0.5, 0.6) is 5.75 Å². The van der Waals surface area contributed by atoms with Crippen molar-refractivity contribution in [1.29, 1.82) is 0 Å². The van der Waals surface area contributed by atoms with Crippen molar-refractivity contribution in [2.75, 3.05) is 13.7 Å². The highest BCUT2D eigenvalue weighted by Crippen LogP contribution is 2.34. The molecule has 0 saturated carbocycles. The minimum atomic E-state index is -4.93. The summed E-state index contributed by atoms with van der Waals surface area (Å²) in [5, 5.41) is 19.0. The third kappa shape index (κ3) is 8.15. The second-order valence-electron chi connectivity index (χ2n) is 11.6. The SMILES string of the molecule is COc1cc(-c2cccc(C(C)(C)C(=O)O)c2)ccc1CN(C/C(C)=C/C=C(\O)C(F)(F)F)S(=O)(=O)c1c(C)cc(C)cc1C. The highest BCUT2D eigenvalue weighted by atomic mass is 32.2. The third-order valence-corrected chi connectivity index (χ3v) is 9.63. The summed E-state index contributed by atoms with van der Waals surface area (Å²) < 4.78 is 73.7. The van der Waals surface area contributed by atoms with Crippen LogP contribution in [0.1, 0.15) is 48.6 Å². The Labute approximate surface area is 262 Å². The van der Waals surface area contributed by atoms with Gasteiger partial charge in [-0.05, 0) is 81.5 Å². The molecule has 0 aliphatic heterocycles. The maximum Gasteiger partial charge on any atom is 0.448 e. The van der Waals surface area contributed by atoms with Gasteiger partial charge in [-0.15, -0.1) is 0 Å². The first-order valence-corrected chi connectivity index (χ1v) is 15.5. The summed E-state index contributed by atoms with van der Waals surface area (Å²) in [6.45, 7) is 9.48. The van der Waals surface area contributed by atoms with Gasteiger partial charge in [0.05, 0.1) is 17.4 Å². The van der Waals surface area contributed by atoms with Crippen molar-refractivity contribution in [1.82, 2.24) is 4.31 Å². The number of aliphatic hydroxyl groups excluding tert-OH is 1. The Morgan fingerprint density at radius 2 is 1.53 bits per heavy atom. The maximum atomic E-state index is 14.2. The van der Waals surface area contributed by atoms with Crippen LogP contribution in [0.4, 0.5) is 13.2 Å². The van der Waals surface area contributed by atoms with Gasteiger partial charge in [0.1, 0.15) is 5.75 Å². The Kier molecular flexibility index (Phi) is 10.6. The number of halogens is 3. The number of rotatable bonds is 11. The Hall–Kier alpha value is -4.09. The van der Waals surface area contributed by atoms with Crippen molar-refractivity contribution in [3.63, 3.8) is 0 Å². The van der Waals surface area contributed by atoms with Crippen molar-refractivity contribution in [2.24, 2.45) is 0 Å². The molecule has 2 N–H and O–H groups in total. The molecule has 0 spiro atoms. The summed E-state index contributed by atoms with van der Waals surface area (Å²) in [6, 6.07) is 15.8. The van der Waals surface area contributed by atoms with Gasteiger partial charge in [0.15, 0.2) is 5.76 Å². The van der Waals surface area contributed by atoms with E-state index >= 15 is 0 Å². The number of aliphatic hydroxyl groups is 1. The monoisotopic (exact) mass is 645 g/mol. The molecule has 11 heteroatoms. The largest absolute Gasteiger partial charge is 0.504 e. The lowest BCUT2D eigenvalue weighted by Crippen LogP contribution is -2.33. The minimum absolute atomic E-state index is 0.100. The zero-order chi connectivity index (χ0) is 33.9. The van der Waals surface area contributed by atoms with Gasteiger partial charge in [-0.2, -0.15) is 17.5 Å². The number of carbonyl (C=O) groups is 1. The number of nitrogens with zero attached hydrogens (tertiary/aromatic N) is 1. The number of hydrogen-bond donors (Lipinski definition) is 2. The van der Waals surface area contributed by atoms with E-state index in [1.54, 1.807) is 76.2 Å². The first kappa shape index (κ1) is 35.4. The molecule has 0 heterocycles. The van der Waals surface area contributed by atoms with Crippen molar-refractivity contribution in [2.45, 2.75) is 64.6 Å². The van der Waals surface area contributed by atoms with E-state index in [2.05, 4.69) is 0 Å². The van der Waals surface area contributed by atoms with Gasteiger partial charge in [-0.25, -0.2) is 8.42 Å². The molecule has 0 radical (unpaired) electrons. The molecule has 7 nitrogen and oxygen atoms in total. The molecule has 45 heavy (non-hydrogen) atoms. The summed E-state index contributed by atoms with van der Waals surface area (Å²) in [5.41, 5.74) is 3.61. The van der Waals surface area contributed by atoms with Gasteiger partial charge >= 0.3 is 12.1 Å². The van der Waals surface area contributed by atoms with Crippen LogP contribution in [0.15, 0.2) is 83.0 Å². The quantitative estimate of drug-likeness (QED) is 0.163. The van der Waals surface area contributed by atoms with Crippen LogP contribution in [0.25, 0.3) is 11.1 Å². The number of carboxylic acids is 1. The standard InChI is InChI=1S/C34H38F3NO6S/c1-21(11-14-30(39)34(35,36)37)19-38(45(42,43)31-23(3)15-22(2)16-24(31)4)20-27-13-12-26(18-29(27)44-7)25-9-8-10-28(17-25)33(5,6)32(40)41/h8-18,39H,19-20H2,1-7H3,(H,40,41)/b21-11+,30-14-. The number of benzene rings is 3. The van der Waals surface area contributed by atoms with Crippen LogP contribution in [-0.2, 0) is 26.8 Å². The molecule has 0 unspecified atom stereocenters. The van der Waals surface area contributed by atoms with Crippen molar-refractivity contribution in [3.05, 3.63) is 106 Å². The van der Waals surface area contributed by atoms with Gasteiger partial charge in [0.2, 0.25) is 10.0 Å². The van der Waals surface area contributed by atoms with Gasteiger partial charge in [-0.3, -0.25) is 4.79 Å². The number of alkyl halides is 3. The zero-order valence-electron chi connectivity index (χ0n) is 26.3. The molecule has 0 amide bonds. The molecule has 0 atom stereocenters. The molecule has 0 saturated heterocycles. The first-order chi connectivity index (χ1) is 20.8. The lowest BCUT2D eigenvalue weighted by molar-refractivity contribution is -0.142. The summed E-state index contributed by atoms with van der Waals surface area (Å²) in [7, 11) is -2.74. The predicted octanol–water partition coefficient (Wildman–Crippen LogP) is 7.79. The van der Waals surface area contributed by atoms with E-state index in [9.17, 15) is 36.6 Å². The summed E-state index contributed by atoms with van der Waals surface area (Å²) in [5.74, 6) is -2.40. The van der Waals surface area contributed by atoms with E-state index in [-0.39, 0.29) is 23.6 Å². The van der Waals surface area contributed by atoms with Gasteiger partial charge < -0.3 is 14.9 Å².